The molecule has 0 fully saturated rings. The minimum atomic E-state index is -0.279. The molecule has 0 atom stereocenters. The standard InChI is InChI=1S/C17H19N5O2/c1-11(2)20-15(23)9-21-10-18-16-13(17(21)24)8-19-22(16)14-7-5-4-6-12(14)3/h4-8,10-11H,9H2,1-3H3,(H,20,23). The molecule has 0 radical (unpaired) electrons. The Morgan fingerprint density at radius 3 is 2.75 bits per heavy atom. The predicted octanol–water partition coefficient (Wildman–Crippen LogP) is 1.42. The molecule has 7 nitrogen and oxygen atoms in total. The smallest absolute Gasteiger partial charge is 0.264 e. The summed E-state index contributed by atoms with van der Waals surface area (Å²) in [6.07, 6.45) is 2.88. The molecule has 2 heterocycles. The van der Waals surface area contributed by atoms with Gasteiger partial charge in [0.1, 0.15) is 18.3 Å². The number of para-hydroxylation sites is 1. The third-order valence-corrected chi connectivity index (χ3v) is 3.66. The average molecular weight is 325 g/mol. The first kappa shape index (κ1) is 15.9. The van der Waals surface area contributed by atoms with Gasteiger partial charge in [0.05, 0.1) is 11.9 Å². The van der Waals surface area contributed by atoms with Gasteiger partial charge in [-0.2, -0.15) is 5.10 Å². The number of benzene rings is 1. The molecule has 0 aliphatic heterocycles. The number of rotatable bonds is 4. The second-order valence-corrected chi connectivity index (χ2v) is 5.98. The van der Waals surface area contributed by atoms with E-state index in [0.29, 0.717) is 11.0 Å². The van der Waals surface area contributed by atoms with Crippen molar-refractivity contribution < 1.29 is 4.79 Å². The van der Waals surface area contributed by atoms with E-state index in [1.807, 2.05) is 45.0 Å². The molecule has 3 rings (SSSR count). The zero-order valence-corrected chi connectivity index (χ0v) is 13.9. The van der Waals surface area contributed by atoms with Crippen molar-refractivity contribution in [1.29, 1.82) is 0 Å². The van der Waals surface area contributed by atoms with Crippen LogP contribution in [0.5, 0.6) is 0 Å². The van der Waals surface area contributed by atoms with E-state index in [9.17, 15) is 9.59 Å². The molecule has 2 aromatic heterocycles. The summed E-state index contributed by atoms with van der Waals surface area (Å²) in [4.78, 5) is 28.8. The summed E-state index contributed by atoms with van der Waals surface area (Å²) in [5, 5.41) is 7.44. The summed E-state index contributed by atoms with van der Waals surface area (Å²) in [7, 11) is 0. The topological polar surface area (TPSA) is 81.8 Å². The highest BCUT2D eigenvalue weighted by atomic mass is 16.2. The lowest BCUT2D eigenvalue weighted by molar-refractivity contribution is -0.122. The number of carbonyl (C=O) groups is 1. The van der Waals surface area contributed by atoms with Crippen LogP contribution in [0.3, 0.4) is 0 Å². The SMILES string of the molecule is Cc1ccccc1-n1ncc2c(=O)n(CC(=O)NC(C)C)cnc21. The van der Waals surface area contributed by atoms with E-state index in [0.717, 1.165) is 11.3 Å². The van der Waals surface area contributed by atoms with E-state index in [1.165, 1.54) is 17.1 Å². The third-order valence-electron chi connectivity index (χ3n) is 3.66. The Morgan fingerprint density at radius 1 is 1.29 bits per heavy atom. The van der Waals surface area contributed by atoms with Crippen LogP contribution in [-0.2, 0) is 11.3 Å². The van der Waals surface area contributed by atoms with Crippen LogP contribution < -0.4 is 10.9 Å². The zero-order chi connectivity index (χ0) is 17.3. The normalized spacial score (nSPS) is 11.2. The molecule has 0 saturated carbocycles. The number of hydrogen-bond acceptors (Lipinski definition) is 4. The first-order valence-corrected chi connectivity index (χ1v) is 7.76. The number of aryl methyl sites for hydroxylation is 1. The maximum atomic E-state index is 12.6. The summed E-state index contributed by atoms with van der Waals surface area (Å²) < 4.78 is 2.94. The van der Waals surface area contributed by atoms with Crippen molar-refractivity contribution in [2.45, 2.75) is 33.4 Å². The average Bonchev–Trinajstić information content (AvgIpc) is 2.94. The summed E-state index contributed by atoms with van der Waals surface area (Å²) in [5.41, 5.74) is 2.10. The molecular formula is C17H19N5O2. The van der Waals surface area contributed by atoms with Crippen molar-refractivity contribution in [1.82, 2.24) is 24.6 Å². The highest BCUT2D eigenvalue weighted by Crippen LogP contribution is 2.16. The monoisotopic (exact) mass is 325 g/mol. The first-order valence-electron chi connectivity index (χ1n) is 7.76. The number of nitrogens with zero attached hydrogens (tertiary/aromatic N) is 4. The van der Waals surface area contributed by atoms with Gasteiger partial charge in [-0.05, 0) is 32.4 Å². The second-order valence-electron chi connectivity index (χ2n) is 5.98. The summed E-state index contributed by atoms with van der Waals surface area (Å²) in [6, 6.07) is 7.77. The molecule has 7 heteroatoms. The van der Waals surface area contributed by atoms with E-state index in [4.69, 9.17) is 0 Å². The van der Waals surface area contributed by atoms with Gasteiger partial charge in [0.15, 0.2) is 5.65 Å². The molecule has 1 N–H and O–H groups in total. The number of amides is 1. The lowest BCUT2D eigenvalue weighted by Gasteiger charge is -2.10. The molecule has 0 aliphatic rings. The molecule has 1 aromatic carbocycles. The molecule has 0 bridgehead atoms. The van der Waals surface area contributed by atoms with Crippen LogP contribution >= 0.6 is 0 Å². The summed E-state index contributed by atoms with van der Waals surface area (Å²) in [6.45, 7) is 5.65. The highest BCUT2D eigenvalue weighted by Gasteiger charge is 2.14. The van der Waals surface area contributed by atoms with E-state index in [2.05, 4.69) is 15.4 Å². The van der Waals surface area contributed by atoms with E-state index >= 15 is 0 Å². The van der Waals surface area contributed by atoms with E-state index in [-0.39, 0.29) is 24.1 Å². The number of carbonyl (C=O) groups excluding carboxylic acids is 1. The Bertz CT molecular complexity index is 955. The van der Waals surface area contributed by atoms with Crippen LogP contribution in [0.4, 0.5) is 0 Å². The Balaban J connectivity index is 2.02. The van der Waals surface area contributed by atoms with Crippen LogP contribution in [0.1, 0.15) is 19.4 Å². The lowest BCUT2D eigenvalue weighted by atomic mass is 10.2. The Labute approximate surface area is 138 Å². The van der Waals surface area contributed by atoms with Crippen LogP contribution in [0.15, 0.2) is 41.6 Å². The Hall–Kier alpha value is -2.96. The van der Waals surface area contributed by atoms with Crippen molar-refractivity contribution in [3.8, 4) is 5.69 Å². The van der Waals surface area contributed by atoms with Crippen molar-refractivity contribution >= 4 is 16.9 Å². The van der Waals surface area contributed by atoms with Crippen LogP contribution in [0, 0.1) is 6.92 Å². The zero-order valence-electron chi connectivity index (χ0n) is 13.9. The number of hydrogen-bond donors (Lipinski definition) is 1. The first-order chi connectivity index (χ1) is 11.5. The third kappa shape index (κ3) is 2.92. The Kier molecular flexibility index (Phi) is 4.16. The maximum absolute atomic E-state index is 12.6. The summed E-state index contributed by atoms with van der Waals surface area (Å²) >= 11 is 0. The molecule has 24 heavy (non-hydrogen) atoms. The lowest BCUT2D eigenvalue weighted by Crippen LogP contribution is -2.36. The number of nitrogens with one attached hydrogen (secondary N) is 1. The molecule has 3 aromatic rings. The van der Waals surface area contributed by atoms with Gasteiger partial charge in [-0.25, -0.2) is 9.67 Å². The van der Waals surface area contributed by atoms with E-state index < -0.39 is 0 Å². The molecular weight excluding hydrogens is 306 g/mol. The van der Waals surface area contributed by atoms with Gasteiger partial charge in [-0.3, -0.25) is 14.2 Å². The van der Waals surface area contributed by atoms with Gasteiger partial charge >= 0.3 is 0 Å². The minimum absolute atomic E-state index is 0.0219. The van der Waals surface area contributed by atoms with Crippen LogP contribution in [-0.4, -0.2) is 31.3 Å². The molecule has 1 amide bonds. The number of fused-ring (bicyclic) bond motifs is 1. The maximum Gasteiger partial charge on any atom is 0.264 e. The molecule has 0 unspecified atom stereocenters. The van der Waals surface area contributed by atoms with Gasteiger partial charge in [-0.15, -0.1) is 0 Å². The molecule has 0 spiro atoms. The quantitative estimate of drug-likeness (QED) is 0.786. The van der Waals surface area contributed by atoms with Crippen molar-refractivity contribution in [3.05, 3.63) is 52.7 Å². The fraction of sp³-hybridized carbons (Fsp3) is 0.294. The highest BCUT2D eigenvalue weighted by molar-refractivity contribution is 5.78. The number of aromatic nitrogens is 4. The van der Waals surface area contributed by atoms with Crippen molar-refractivity contribution in [2.75, 3.05) is 0 Å². The fourth-order valence-corrected chi connectivity index (χ4v) is 2.56. The second kappa shape index (κ2) is 6.27. The van der Waals surface area contributed by atoms with Crippen molar-refractivity contribution in [3.63, 3.8) is 0 Å². The van der Waals surface area contributed by atoms with E-state index in [1.54, 1.807) is 4.68 Å². The Morgan fingerprint density at radius 2 is 2.04 bits per heavy atom. The molecule has 124 valence electrons. The minimum Gasteiger partial charge on any atom is -0.352 e. The van der Waals surface area contributed by atoms with Gasteiger partial charge in [0, 0.05) is 6.04 Å². The largest absolute Gasteiger partial charge is 0.352 e. The predicted molar refractivity (Wildman–Crippen MR) is 91.1 cm³/mol. The van der Waals surface area contributed by atoms with Crippen LogP contribution in [0.2, 0.25) is 0 Å². The van der Waals surface area contributed by atoms with Gasteiger partial charge < -0.3 is 5.32 Å². The van der Waals surface area contributed by atoms with Crippen LogP contribution in [0.25, 0.3) is 16.7 Å². The van der Waals surface area contributed by atoms with Gasteiger partial charge in [0.25, 0.3) is 5.56 Å². The summed E-state index contributed by atoms with van der Waals surface area (Å²) in [5.74, 6) is -0.223. The van der Waals surface area contributed by atoms with Gasteiger partial charge in [-0.1, -0.05) is 18.2 Å². The fourth-order valence-electron chi connectivity index (χ4n) is 2.56. The molecule has 0 aliphatic carbocycles. The molecule has 0 saturated heterocycles. The van der Waals surface area contributed by atoms with Gasteiger partial charge in [0.2, 0.25) is 5.91 Å². The van der Waals surface area contributed by atoms with Crippen molar-refractivity contribution in [2.24, 2.45) is 0 Å².